The highest BCUT2D eigenvalue weighted by Crippen LogP contribution is 2.11. The third-order valence-electron chi connectivity index (χ3n) is 2.32. The van der Waals surface area contributed by atoms with Crippen LogP contribution in [0.3, 0.4) is 0 Å². The Hall–Kier alpha value is -2.57. The summed E-state index contributed by atoms with van der Waals surface area (Å²) in [6, 6.07) is 8.13. The van der Waals surface area contributed by atoms with E-state index < -0.39 is 30.6 Å². The van der Waals surface area contributed by atoms with Crippen LogP contribution in [0, 0.1) is 0 Å². The summed E-state index contributed by atoms with van der Waals surface area (Å²) in [7, 11) is 0. The molecule has 1 atom stereocenters. The Balaban J connectivity index is 2.32. The largest absolute Gasteiger partial charge is 0.479 e. The minimum Gasteiger partial charge on any atom is -0.479 e. The van der Waals surface area contributed by atoms with Gasteiger partial charge in [0.25, 0.3) is 5.91 Å². The molecule has 0 unspecified atom stereocenters. The molecule has 0 aromatic heterocycles. The molecule has 114 valence electrons. The SMILES string of the molecule is CCNC(=O)NC(=O)COC(=O)[C@@H](C)Oc1ccccc1. The lowest BCUT2D eigenvalue weighted by Gasteiger charge is -2.13. The molecule has 1 aromatic carbocycles. The van der Waals surface area contributed by atoms with Crippen LogP contribution in [0.5, 0.6) is 5.75 Å². The number of carbonyl (C=O) groups is 3. The molecule has 21 heavy (non-hydrogen) atoms. The van der Waals surface area contributed by atoms with E-state index in [4.69, 9.17) is 9.47 Å². The van der Waals surface area contributed by atoms with Gasteiger partial charge in [0.2, 0.25) is 0 Å². The number of esters is 1. The number of para-hydroxylation sites is 1. The summed E-state index contributed by atoms with van der Waals surface area (Å²) >= 11 is 0. The Labute approximate surface area is 122 Å². The van der Waals surface area contributed by atoms with Crippen LogP contribution in [-0.2, 0) is 14.3 Å². The minimum absolute atomic E-state index is 0.390. The lowest BCUT2D eigenvalue weighted by molar-refractivity contribution is -0.154. The number of imide groups is 1. The van der Waals surface area contributed by atoms with E-state index in [-0.39, 0.29) is 0 Å². The van der Waals surface area contributed by atoms with E-state index in [0.717, 1.165) is 0 Å². The predicted octanol–water partition coefficient (Wildman–Crippen LogP) is 0.843. The summed E-state index contributed by atoms with van der Waals surface area (Å²) in [4.78, 5) is 34.0. The maximum absolute atomic E-state index is 11.6. The van der Waals surface area contributed by atoms with Crippen LogP contribution in [0.15, 0.2) is 30.3 Å². The molecule has 1 aromatic rings. The molecule has 3 amide bonds. The summed E-state index contributed by atoms with van der Waals surface area (Å²) in [6.45, 7) is 3.07. The van der Waals surface area contributed by atoms with Crippen molar-refractivity contribution >= 4 is 17.9 Å². The number of ether oxygens (including phenoxy) is 2. The van der Waals surface area contributed by atoms with Gasteiger partial charge >= 0.3 is 12.0 Å². The van der Waals surface area contributed by atoms with Gasteiger partial charge in [0.1, 0.15) is 5.75 Å². The van der Waals surface area contributed by atoms with Crippen molar-refractivity contribution < 1.29 is 23.9 Å². The van der Waals surface area contributed by atoms with Crippen molar-refractivity contribution in [2.24, 2.45) is 0 Å². The molecule has 0 aliphatic rings. The summed E-state index contributed by atoms with van der Waals surface area (Å²) in [6.07, 6.45) is -0.857. The quantitative estimate of drug-likeness (QED) is 0.758. The van der Waals surface area contributed by atoms with Crippen molar-refractivity contribution in [1.29, 1.82) is 0 Å². The first-order chi connectivity index (χ1) is 10.0. The predicted molar refractivity (Wildman–Crippen MR) is 74.7 cm³/mol. The molecular weight excluding hydrogens is 276 g/mol. The number of rotatable bonds is 6. The number of nitrogens with one attached hydrogen (secondary N) is 2. The monoisotopic (exact) mass is 294 g/mol. The molecular formula is C14H18N2O5. The Bertz CT molecular complexity index is 489. The van der Waals surface area contributed by atoms with Gasteiger partial charge in [0.15, 0.2) is 12.7 Å². The molecule has 7 heteroatoms. The summed E-state index contributed by atoms with van der Waals surface area (Å²) < 4.78 is 10.1. The van der Waals surface area contributed by atoms with Crippen LogP contribution >= 0.6 is 0 Å². The van der Waals surface area contributed by atoms with Crippen molar-refractivity contribution in [2.45, 2.75) is 20.0 Å². The fourth-order valence-corrected chi connectivity index (χ4v) is 1.37. The van der Waals surface area contributed by atoms with Gasteiger partial charge < -0.3 is 14.8 Å². The van der Waals surface area contributed by atoms with Crippen molar-refractivity contribution in [3.05, 3.63) is 30.3 Å². The lowest BCUT2D eigenvalue weighted by Crippen LogP contribution is -2.41. The van der Waals surface area contributed by atoms with Crippen LogP contribution in [0.4, 0.5) is 4.79 Å². The van der Waals surface area contributed by atoms with Gasteiger partial charge in [-0.15, -0.1) is 0 Å². The van der Waals surface area contributed by atoms with Crippen LogP contribution in [0.1, 0.15) is 13.8 Å². The third kappa shape index (κ3) is 6.42. The van der Waals surface area contributed by atoms with Crippen molar-refractivity contribution in [2.75, 3.05) is 13.2 Å². The number of hydrogen-bond acceptors (Lipinski definition) is 5. The van der Waals surface area contributed by atoms with Crippen LogP contribution in [0.2, 0.25) is 0 Å². The topological polar surface area (TPSA) is 93.7 Å². The van der Waals surface area contributed by atoms with Crippen LogP contribution in [-0.4, -0.2) is 37.2 Å². The van der Waals surface area contributed by atoms with Gasteiger partial charge in [-0.2, -0.15) is 0 Å². The normalized spacial score (nSPS) is 11.1. The first-order valence-electron chi connectivity index (χ1n) is 6.49. The zero-order valence-corrected chi connectivity index (χ0v) is 11.9. The molecule has 0 heterocycles. The van der Waals surface area contributed by atoms with E-state index in [9.17, 15) is 14.4 Å². The maximum atomic E-state index is 11.6. The van der Waals surface area contributed by atoms with Gasteiger partial charge in [0.05, 0.1) is 0 Å². The maximum Gasteiger partial charge on any atom is 0.347 e. The molecule has 0 saturated heterocycles. The Kier molecular flexibility index (Phi) is 6.73. The molecule has 0 radical (unpaired) electrons. The minimum atomic E-state index is -0.857. The van der Waals surface area contributed by atoms with Gasteiger partial charge in [-0.05, 0) is 26.0 Å². The van der Waals surface area contributed by atoms with Gasteiger partial charge in [-0.1, -0.05) is 18.2 Å². The highest BCUT2D eigenvalue weighted by Gasteiger charge is 2.18. The highest BCUT2D eigenvalue weighted by molar-refractivity contribution is 5.95. The van der Waals surface area contributed by atoms with Gasteiger partial charge in [-0.3, -0.25) is 10.1 Å². The number of carbonyl (C=O) groups excluding carboxylic acids is 3. The fourth-order valence-electron chi connectivity index (χ4n) is 1.37. The van der Waals surface area contributed by atoms with E-state index in [1.54, 1.807) is 31.2 Å². The summed E-state index contributed by atoms with van der Waals surface area (Å²) in [5, 5.41) is 4.40. The Morgan fingerprint density at radius 2 is 1.86 bits per heavy atom. The van der Waals surface area contributed by atoms with Gasteiger partial charge in [-0.25, -0.2) is 9.59 Å². The smallest absolute Gasteiger partial charge is 0.347 e. The van der Waals surface area contributed by atoms with E-state index in [1.807, 2.05) is 11.4 Å². The second-order valence-electron chi connectivity index (χ2n) is 4.09. The number of amides is 3. The third-order valence-corrected chi connectivity index (χ3v) is 2.32. The van der Waals surface area contributed by atoms with E-state index in [1.165, 1.54) is 6.92 Å². The first kappa shape index (κ1) is 16.5. The van der Waals surface area contributed by atoms with E-state index in [2.05, 4.69) is 5.32 Å². The molecule has 0 fully saturated rings. The molecule has 0 aliphatic carbocycles. The number of benzene rings is 1. The molecule has 0 saturated carbocycles. The standard InChI is InChI=1S/C14H18N2O5/c1-3-15-14(19)16-12(17)9-20-13(18)10(2)21-11-7-5-4-6-8-11/h4-8,10H,3,9H2,1-2H3,(H2,15,16,17,19)/t10-/m1/s1. The van der Waals surface area contributed by atoms with Crippen LogP contribution in [0.25, 0.3) is 0 Å². The molecule has 1 rings (SSSR count). The average molecular weight is 294 g/mol. The molecule has 0 aliphatic heterocycles. The number of hydrogen-bond donors (Lipinski definition) is 2. The van der Waals surface area contributed by atoms with Crippen LogP contribution < -0.4 is 15.4 Å². The second-order valence-corrected chi connectivity index (χ2v) is 4.09. The highest BCUT2D eigenvalue weighted by atomic mass is 16.6. The van der Waals surface area contributed by atoms with E-state index in [0.29, 0.717) is 12.3 Å². The molecule has 0 spiro atoms. The van der Waals surface area contributed by atoms with Crippen molar-refractivity contribution in [3.63, 3.8) is 0 Å². The van der Waals surface area contributed by atoms with E-state index >= 15 is 0 Å². The summed E-state index contributed by atoms with van der Waals surface area (Å²) in [5.41, 5.74) is 0. The number of urea groups is 1. The molecule has 2 N–H and O–H groups in total. The Morgan fingerprint density at radius 1 is 1.19 bits per heavy atom. The lowest BCUT2D eigenvalue weighted by atomic mass is 10.3. The summed E-state index contributed by atoms with van der Waals surface area (Å²) in [5.74, 6) is -0.875. The second kappa shape index (κ2) is 8.57. The van der Waals surface area contributed by atoms with Gasteiger partial charge in [0, 0.05) is 6.54 Å². The molecule has 7 nitrogen and oxygen atoms in total. The van der Waals surface area contributed by atoms with Crippen molar-refractivity contribution in [1.82, 2.24) is 10.6 Å². The van der Waals surface area contributed by atoms with Crippen molar-refractivity contribution in [3.8, 4) is 5.75 Å². The average Bonchev–Trinajstić information content (AvgIpc) is 2.46. The molecule has 0 bridgehead atoms. The zero-order chi connectivity index (χ0) is 15.7. The first-order valence-corrected chi connectivity index (χ1v) is 6.49. The zero-order valence-electron chi connectivity index (χ0n) is 11.9. The Morgan fingerprint density at radius 3 is 2.48 bits per heavy atom. The fraction of sp³-hybridized carbons (Fsp3) is 0.357.